The van der Waals surface area contributed by atoms with Gasteiger partial charge in [0.1, 0.15) is 5.60 Å². The SMILES string of the molecule is O=C(Nc1ccc(F)c(F)c1)C(F)(F)C1(O)CCC1. The predicted octanol–water partition coefficient (Wildman–Crippen LogP) is 2.45. The molecule has 0 radical (unpaired) electrons. The Kier molecular flexibility index (Phi) is 3.25. The maximum atomic E-state index is 13.7. The van der Waals surface area contributed by atoms with E-state index in [1.807, 2.05) is 0 Å². The van der Waals surface area contributed by atoms with Crippen LogP contribution in [0.1, 0.15) is 19.3 Å². The molecule has 0 saturated heterocycles. The largest absolute Gasteiger partial charge is 0.383 e. The Bertz CT molecular complexity index is 514. The number of anilines is 1. The lowest BCUT2D eigenvalue weighted by Gasteiger charge is -2.41. The number of alkyl halides is 2. The number of hydrogen-bond donors (Lipinski definition) is 2. The van der Waals surface area contributed by atoms with E-state index in [-0.39, 0.29) is 18.5 Å². The summed E-state index contributed by atoms with van der Waals surface area (Å²) in [5, 5.41) is 11.3. The number of carbonyl (C=O) groups is 1. The van der Waals surface area contributed by atoms with Crippen molar-refractivity contribution in [3.63, 3.8) is 0 Å². The van der Waals surface area contributed by atoms with Crippen molar-refractivity contribution < 1.29 is 27.5 Å². The van der Waals surface area contributed by atoms with Crippen LogP contribution in [-0.4, -0.2) is 22.5 Å². The maximum Gasteiger partial charge on any atom is 0.352 e. The molecule has 0 aromatic heterocycles. The smallest absolute Gasteiger partial charge is 0.352 e. The number of hydrogen-bond acceptors (Lipinski definition) is 2. The number of carbonyl (C=O) groups excluding carboxylic acids is 1. The van der Waals surface area contributed by atoms with Crippen molar-refractivity contribution in [2.75, 3.05) is 5.32 Å². The van der Waals surface area contributed by atoms with Gasteiger partial charge in [-0.2, -0.15) is 8.78 Å². The van der Waals surface area contributed by atoms with E-state index in [4.69, 9.17) is 0 Å². The third kappa shape index (κ3) is 2.30. The minimum Gasteiger partial charge on any atom is -0.383 e. The molecule has 3 nitrogen and oxygen atoms in total. The molecule has 1 aliphatic rings. The van der Waals surface area contributed by atoms with Gasteiger partial charge in [0.05, 0.1) is 0 Å². The zero-order chi connectivity index (χ0) is 14.3. The minimum absolute atomic E-state index is 0.175. The number of aliphatic hydroxyl groups is 1. The lowest BCUT2D eigenvalue weighted by molar-refractivity contribution is -0.212. The second-order valence-electron chi connectivity index (χ2n) is 4.54. The van der Waals surface area contributed by atoms with Crippen LogP contribution in [0, 0.1) is 11.6 Å². The summed E-state index contributed by atoms with van der Waals surface area (Å²) in [6, 6.07) is 2.26. The monoisotopic (exact) mass is 277 g/mol. The molecule has 7 heteroatoms. The van der Waals surface area contributed by atoms with E-state index in [1.165, 1.54) is 0 Å². The molecule has 0 spiro atoms. The van der Waals surface area contributed by atoms with Crippen molar-refractivity contribution in [2.24, 2.45) is 0 Å². The van der Waals surface area contributed by atoms with Crippen LogP contribution in [0.15, 0.2) is 18.2 Å². The molecule has 1 fully saturated rings. The van der Waals surface area contributed by atoms with Gasteiger partial charge >= 0.3 is 5.92 Å². The fraction of sp³-hybridized carbons (Fsp3) is 0.417. The first-order chi connectivity index (χ1) is 8.76. The van der Waals surface area contributed by atoms with Crippen LogP contribution in [0.3, 0.4) is 0 Å². The van der Waals surface area contributed by atoms with E-state index < -0.39 is 29.1 Å². The van der Waals surface area contributed by atoms with Gasteiger partial charge in [0.15, 0.2) is 11.6 Å². The highest BCUT2D eigenvalue weighted by atomic mass is 19.3. The number of nitrogens with one attached hydrogen (secondary N) is 1. The van der Waals surface area contributed by atoms with Gasteiger partial charge in [-0.25, -0.2) is 8.78 Å². The molecule has 0 heterocycles. The zero-order valence-corrected chi connectivity index (χ0v) is 9.72. The van der Waals surface area contributed by atoms with Crippen LogP contribution in [0.2, 0.25) is 0 Å². The zero-order valence-electron chi connectivity index (χ0n) is 9.72. The average Bonchev–Trinajstić information content (AvgIpc) is 2.30. The van der Waals surface area contributed by atoms with Gasteiger partial charge in [-0.05, 0) is 31.4 Å². The number of halogens is 4. The Morgan fingerprint density at radius 2 is 1.89 bits per heavy atom. The minimum atomic E-state index is -3.98. The van der Waals surface area contributed by atoms with E-state index in [2.05, 4.69) is 0 Å². The molecule has 0 unspecified atom stereocenters. The Hall–Kier alpha value is -1.63. The molecule has 0 aliphatic heterocycles. The van der Waals surface area contributed by atoms with Crippen molar-refractivity contribution in [3.05, 3.63) is 29.8 Å². The molecule has 2 N–H and O–H groups in total. The summed E-state index contributed by atoms with van der Waals surface area (Å²) in [7, 11) is 0. The first-order valence-electron chi connectivity index (χ1n) is 5.63. The van der Waals surface area contributed by atoms with Gasteiger partial charge in [0, 0.05) is 11.8 Å². The summed E-state index contributed by atoms with van der Waals surface area (Å²) < 4.78 is 52.9. The highest BCUT2D eigenvalue weighted by Gasteiger charge is 2.61. The van der Waals surface area contributed by atoms with Crippen molar-refractivity contribution in [2.45, 2.75) is 30.8 Å². The Morgan fingerprint density at radius 3 is 2.37 bits per heavy atom. The molecule has 19 heavy (non-hydrogen) atoms. The van der Waals surface area contributed by atoms with Gasteiger partial charge in [-0.15, -0.1) is 0 Å². The Morgan fingerprint density at radius 1 is 1.26 bits per heavy atom. The average molecular weight is 277 g/mol. The molecule has 104 valence electrons. The highest BCUT2D eigenvalue weighted by molar-refractivity contribution is 5.97. The third-order valence-electron chi connectivity index (χ3n) is 3.23. The van der Waals surface area contributed by atoms with Crippen LogP contribution < -0.4 is 5.32 Å². The van der Waals surface area contributed by atoms with E-state index in [9.17, 15) is 27.5 Å². The summed E-state index contributed by atoms with van der Waals surface area (Å²) in [6.07, 6.45) is 0.0565. The van der Waals surface area contributed by atoms with Crippen LogP contribution in [-0.2, 0) is 4.79 Å². The molecular formula is C12H11F4NO2. The highest BCUT2D eigenvalue weighted by Crippen LogP contribution is 2.44. The van der Waals surface area contributed by atoms with Crippen LogP contribution in [0.5, 0.6) is 0 Å². The lowest BCUT2D eigenvalue weighted by atomic mass is 9.75. The first-order valence-corrected chi connectivity index (χ1v) is 5.63. The van der Waals surface area contributed by atoms with Gasteiger partial charge in [0.2, 0.25) is 0 Å². The Labute approximate surface area is 106 Å². The van der Waals surface area contributed by atoms with Crippen molar-refractivity contribution in [1.29, 1.82) is 0 Å². The molecule has 1 amide bonds. The van der Waals surface area contributed by atoms with Crippen LogP contribution >= 0.6 is 0 Å². The summed E-state index contributed by atoms with van der Waals surface area (Å²) in [4.78, 5) is 11.4. The number of amides is 1. The molecule has 0 bridgehead atoms. The first kappa shape index (κ1) is 13.8. The molecule has 2 rings (SSSR count). The molecular weight excluding hydrogens is 266 g/mol. The number of benzene rings is 1. The predicted molar refractivity (Wildman–Crippen MR) is 58.7 cm³/mol. The topological polar surface area (TPSA) is 49.3 Å². The van der Waals surface area contributed by atoms with Gasteiger partial charge in [-0.1, -0.05) is 0 Å². The van der Waals surface area contributed by atoms with Crippen LogP contribution in [0.25, 0.3) is 0 Å². The van der Waals surface area contributed by atoms with E-state index in [1.54, 1.807) is 5.32 Å². The molecule has 0 atom stereocenters. The summed E-state index contributed by atoms with van der Waals surface area (Å²) in [6.45, 7) is 0. The van der Waals surface area contributed by atoms with Crippen molar-refractivity contribution >= 4 is 11.6 Å². The fourth-order valence-electron chi connectivity index (χ4n) is 1.82. The quantitative estimate of drug-likeness (QED) is 0.834. The van der Waals surface area contributed by atoms with Gasteiger partial charge in [-0.3, -0.25) is 4.79 Å². The number of rotatable bonds is 3. The van der Waals surface area contributed by atoms with Crippen LogP contribution in [0.4, 0.5) is 23.2 Å². The molecule has 1 aromatic carbocycles. The molecule has 1 aromatic rings. The Balaban J connectivity index is 2.14. The normalized spacial score (nSPS) is 17.7. The summed E-state index contributed by atoms with van der Waals surface area (Å²) in [5.41, 5.74) is -2.65. The van der Waals surface area contributed by atoms with Crippen molar-refractivity contribution in [1.82, 2.24) is 0 Å². The lowest BCUT2D eigenvalue weighted by Crippen LogP contribution is -2.59. The second-order valence-corrected chi connectivity index (χ2v) is 4.54. The van der Waals surface area contributed by atoms with Gasteiger partial charge in [0.25, 0.3) is 5.91 Å². The fourth-order valence-corrected chi connectivity index (χ4v) is 1.82. The summed E-state index contributed by atoms with van der Waals surface area (Å²) in [5.74, 6) is -8.12. The van der Waals surface area contributed by atoms with Gasteiger partial charge < -0.3 is 10.4 Å². The molecule has 1 aliphatic carbocycles. The van der Waals surface area contributed by atoms with E-state index in [0.717, 1.165) is 6.07 Å². The van der Waals surface area contributed by atoms with Crippen molar-refractivity contribution in [3.8, 4) is 0 Å². The summed E-state index contributed by atoms with van der Waals surface area (Å²) >= 11 is 0. The standard InChI is InChI=1S/C12H11F4NO2/c13-8-3-2-7(6-9(8)14)17-10(18)12(15,16)11(19)4-1-5-11/h2-3,6,19H,1,4-5H2,(H,17,18). The van der Waals surface area contributed by atoms with E-state index in [0.29, 0.717) is 18.6 Å². The third-order valence-corrected chi connectivity index (χ3v) is 3.23. The van der Waals surface area contributed by atoms with E-state index >= 15 is 0 Å². The molecule has 1 saturated carbocycles. The second kappa shape index (κ2) is 4.48. The maximum absolute atomic E-state index is 13.7.